The van der Waals surface area contributed by atoms with E-state index in [1.54, 1.807) is 43.3 Å². The van der Waals surface area contributed by atoms with Crippen molar-refractivity contribution in [1.29, 1.82) is 0 Å². The van der Waals surface area contributed by atoms with Crippen molar-refractivity contribution in [3.8, 4) is 0 Å². The maximum absolute atomic E-state index is 13.7. The van der Waals surface area contributed by atoms with E-state index in [9.17, 15) is 18.0 Å². The minimum atomic E-state index is -4.18. The number of likely N-dealkylation sites (tertiary alicyclic amines) is 1. The lowest BCUT2D eigenvalue weighted by Gasteiger charge is -2.30. The number of carbonyl (C=O) groups is 2. The normalized spacial score (nSPS) is 20.9. The Hall–Kier alpha value is -2.75. The largest absolute Gasteiger partial charge is 0.464 e. The van der Waals surface area contributed by atoms with Crippen LogP contribution in [0.15, 0.2) is 59.5 Å². The molecule has 1 aliphatic heterocycles. The molecule has 178 valence electrons. The van der Waals surface area contributed by atoms with Crippen molar-refractivity contribution < 1.29 is 32.2 Å². The zero-order valence-electron chi connectivity index (χ0n) is 19.1. The minimum Gasteiger partial charge on any atom is -0.464 e. The van der Waals surface area contributed by atoms with Crippen molar-refractivity contribution >= 4 is 21.7 Å². The van der Waals surface area contributed by atoms with Crippen LogP contribution in [0.2, 0.25) is 0 Å². The number of amides is 1. The molecule has 0 spiro atoms. The Morgan fingerprint density at radius 1 is 1.03 bits per heavy atom. The van der Waals surface area contributed by atoms with E-state index in [1.807, 2.05) is 13.0 Å². The van der Waals surface area contributed by atoms with Crippen LogP contribution in [-0.2, 0) is 40.2 Å². The van der Waals surface area contributed by atoms with Crippen molar-refractivity contribution in [2.24, 2.45) is 5.92 Å². The molecule has 0 saturated carbocycles. The van der Waals surface area contributed by atoms with E-state index in [0.29, 0.717) is 0 Å². The summed E-state index contributed by atoms with van der Waals surface area (Å²) in [6.45, 7) is 3.61. The van der Waals surface area contributed by atoms with Crippen LogP contribution in [0.25, 0.3) is 0 Å². The number of rotatable bonds is 9. The van der Waals surface area contributed by atoms with Crippen molar-refractivity contribution in [3.05, 3.63) is 65.7 Å². The van der Waals surface area contributed by atoms with Gasteiger partial charge in [0.05, 0.1) is 17.4 Å². The summed E-state index contributed by atoms with van der Waals surface area (Å²) >= 11 is 0. The molecule has 1 saturated heterocycles. The van der Waals surface area contributed by atoms with Crippen LogP contribution in [0.1, 0.15) is 18.1 Å². The molecule has 9 heteroatoms. The third-order valence-electron chi connectivity index (χ3n) is 5.76. The third kappa shape index (κ3) is 4.95. The molecule has 0 aliphatic carbocycles. The molecule has 1 heterocycles. The molecule has 2 aromatic carbocycles. The van der Waals surface area contributed by atoms with Gasteiger partial charge in [-0.3, -0.25) is 4.79 Å². The van der Waals surface area contributed by atoms with Gasteiger partial charge in [0.1, 0.15) is 6.04 Å². The standard InChI is InChI=1S/C24H29NO7S/c1-5-32-23(27)20-19(24(30-3)31-4)21(33(28,29)18-13-11-16(2)12-14-18)22(26)25(20)15-17-9-7-6-8-10-17/h6-14,19-21,24H,5,15H2,1-4H3/t19-,20+,21+/m0/s1. The first-order chi connectivity index (χ1) is 15.8. The fourth-order valence-electron chi connectivity index (χ4n) is 4.22. The molecule has 1 amide bonds. The summed E-state index contributed by atoms with van der Waals surface area (Å²) < 4.78 is 43.5. The van der Waals surface area contributed by atoms with Gasteiger partial charge in [-0.15, -0.1) is 0 Å². The van der Waals surface area contributed by atoms with Crippen LogP contribution in [0.5, 0.6) is 0 Å². The molecule has 0 radical (unpaired) electrons. The van der Waals surface area contributed by atoms with E-state index < -0.39 is 45.2 Å². The lowest BCUT2D eigenvalue weighted by molar-refractivity contribution is -0.166. The van der Waals surface area contributed by atoms with Crippen LogP contribution in [0, 0.1) is 12.8 Å². The van der Waals surface area contributed by atoms with Crippen molar-refractivity contribution in [3.63, 3.8) is 0 Å². The van der Waals surface area contributed by atoms with Crippen LogP contribution in [0.4, 0.5) is 0 Å². The fourth-order valence-corrected chi connectivity index (χ4v) is 6.12. The summed E-state index contributed by atoms with van der Waals surface area (Å²) in [6.07, 6.45) is -1.13. The Bertz CT molecular complexity index is 1070. The van der Waals surface area contributed by atoms with Gasteiger partial charge in [-0.2, -0.15) is 0 Å². The highest BCUT2D eigenvalue weighted by atomic mass is 32.2. The van der Waals surface area contributed by atoms with Crippen molar-refractivity contribution in [2.75, 3.05) is 20.8 Å². The molecule has 3 rings (SSSR count). The predicted octanol–water partition coefficient (Wildman–Crippen LogP) is 2.35. The summed E-state index contributed by atoms with van der Waals surface area (Å²) in [6, 6.07) is 14.1. The summed E-state index contributed by atoms with van der Waals surface area (Å²) in [5.74, 6) is -2.53. The number of nitrogens with zero attached hydrogens (tertiary/aromatic N) is 1. The number of sulfone groups is 1. The third-order valence-corrected chi connectivity index (χ3v) is 7.88. The molecular weight excluding hydrogens is 446 g/mol. The molecule has 0 N–H and O–H groups in total. The first-order valence-corrected chi connectivity index (χ1v) is 12.2. The van der Waals surface area contributed by atoms with Gasteiger partial charge < -0.3 is 19.1 Å². The number of ether oxygens (including phenoxy) is 3. The maximum atomic E-state index is 13.7. The number of carbonyl (C=O) groups excluding carboxylic acids is 2. The van der Waals surface area contributed by atoms with E-state index in [0.717, 1.165) is 11.1 Å². The van der Waals surface area contributed by atoms with E-state index in [1.165, 1.54) is 31.3 Å². The van der Waals surface area contributed by atoms with E-state index in [4.69, 9.17) is 14.2 Å². The molecular formula is C24H29NO7S. The van der Waals surface area contributed by atoms with Gasteiger partial charge in [0.15, 0.2) is 21.4 Å². The molecule has 3 atom stereocenters. The van der Waals surface area contributed by atoms with Crippen molar-refractivity contribution in [1.82, 2.24) is 4.90 Å². The van der Waals surface area contributed by atoms with Gasteiger partial charge in [-0.25, -0.2) is 13.2 Å². The summed E-state index contributed by atoms with van der Waals surface area (Å²) in [5, 5.41) is -1.58. The number of benzene rings is 2. The topological polar surface area (TPSA) is 99.2 Å². The zero-order chi connectivity index (χ0) is 24.2. The van der Waals surface area contributed by atoms with Crippen LogP contribution < -0.4 is 0 Å². The Labute approximate surface area is 194 Å². The van der Waals surface area contributed by atoms with Crippen molar-refractivity contribution in [2.45, 2.75) is 42.9 Å². The van der Waals surface area contributed by atoms with Gasteiger partial charge in [-0.05, 0) is 31.5 Å². The predicted molar refractivity (Wildman–Crippen MR) is 121 cm³/mol. The molecule has 1 aliphatic rings. The van der Waals surface area contributed by atoms with Crippen LogP contribution in [0.3, 0.4) is 0 Å². The fraction of sp³-hybridized carbons (Fsp3) is 0.417. The highest BCUT2D eigenvalue weighted by Crippen LogP contribution is 2.39. The number of methoxy groups -OCH3 is 2. The monoisotopic (exact) mass is 475 g/mol. The quantitative estimate of drug-likeness (QED) is 0.405. The zero-order valence-corrected chi connectivity index (χ0v) is 19.9. The average molecular weight is 476 g/mol. The second-order valence-corrected chi connectivity index (χ2v) is 9.91. The Kier molecular flexibility index (Phi) is 7.88. The lowest BCUT2D eigenvalue weighted by Crippen LogP contribution is -2.47. The first-order valence-electron chi connectivity index (χ1n) is 10.6. The Morgan fingerprint density at radius 3 is 2.18 bits per heavy atom. The number of aryl methyl sites for hydroxylation is 1. The van der Waals surface area contributed by atoms with Crippen LogP contribution in [-0.4, -0.2) is 63.6 Å². The first kappa shape index (κ1) is 24.9. The molecule has 0 unspecified atom stereocenters. The smallest absolute Gasteiger partial charge is 0.329 e. The number of hydrogen-bond acceptors (Lipinski definition) is 7. The highest BCUT2D eigenvalue weighted by Gasteiger charge is 2.60. The second kappa shape index (κ2) is 10.5. The van der Waals surface area contributed by atoms with E-state index in [-0.39, 0.29) is 18.0 Å². The second-order valence-electron chi connectivity index (χ2n) is 7.84. The molecule has 0 bridgehead atoms. The summed E-state index contributed by atoms with van der Waals surface area (Å²) in [5.41, 5.74) is 1.63. The van der Waals surface area contributed by atoms with Gasteiger partial charge in [0.25, 0.3) is 0 Å². The highest BCUT2D eigenvalue weighted by molar-refractivity contribution is 7.92. The van der Waals surface area contributed by atoms with Gasteiger partial charge in [-0.1, -0.05) is 48.0 Å². The van der Waals surface area contributed by atoms with Gasteiger partial charge in [0, 0.05) is 20.8 Å². The minimum absolute atomic E-state index is 0.00780. The molecule has 2 aromatic rings. The molecule has 33 heavy (non-hydrogen) atoms. The Balaban J connectivity index is 2.15. The maximum Gasteiger partial charge on any atom is 0.329 e. The van der Waals surface area contributed by atoms with E-state index in [2.05, 4.69) is 0 Å². The van der Waals surface area contributed by atoms with Gasteiger partial charge in [0.2, 0.25) is 5.91 Å². The average Bonchev–Trinajstić information content (AvgIpc) is 3.08. The van der Waals surface area contributed by atoms with E-state index >= 15 is 0 Å². The summed E-state index contributed by atoms with van der Waals surface area (Å²) in [7, 11) is -1.50. The Morgan fingerprint density at radius 2 is 1.64 bits per heavy atom. The molecule has 8 nitrogen and oxygen atoms in total. The molecule has 0 aromatic heterocycles. The van der Waals surface area contributed by atoms with Gasteiger partial charge >= 0.3 is 5.97 Å². The van der Waals surface area contributed by atoms with Crippen LogP contribution >= 0.6 is 0 Å². The summed E-state index contributed by atoms with van der Waals surface area (Å²) in [4.78, 5) is 28.0. The lowest BCUT2D eigenvalue weighted by atomic mass is 9.98. The number of esters is 1. The molecule has 1 fully saturated rings. The SMILES string of the molecule is CCOC(=O)[C@H]1[C@H](C(OC)OC)[C@@H](S(=O)(=O)c2ccc(C)cc2)C(=O)N1Cc1ccccc1. The number of hydrogen-bond donors (Lipinski definition) is 0.